The number of aliphatic hydroxyl groups is 1. The number of halogens is 1. The molecule has 2 aliphatic rings. The Kier molecular flexibility index (Phi) is 5.34. The highest BCUT2D eigenvalue weighted by molar-refractivity contribution is 14.1. The number of rotatable bonds is 5. The molecule has 1 aliphatic carbocycles. The molecule has 154 valence electrons. The van der Waals surface area contributed by atoms with Crippen molar-refractivity contribution in [2.75, 3.05) is 0 Å². The first-order chi connectivity index (χ1) is 13.7. The van der Waals surface area contributed by atoms with Gasteiger partial charge in [0.2, 0.25) is 10.0 Å². The zero-order chi connectivity index (χ0) is 20.9. The highest BCUT2D eigenvalue weighted by Gasteiger charge is 2.51. The van der Waals surface area contributed by atoms with Crippen LogP contribution in [0.5, 0.6) is 5.75 Å². The van der Waals surface area contributed by atoms with Crippen molar-refractivity contribution in [1.82, 2.24) is 4.72 Å². The number of hydrogen-bond donors (Lipinski definition) is 3. The molecular formula is C20H20INO6S. The van der Waals surface area contributed by atoms with Gasteiger partial charge in [-0.25, -0.2) is 13.1 Å². The van der Waals surface area contributed by atoms with Crippen molar-refractivity contribution in [2.24, 2.45) is 0 Å². The van der Waals surface area contributed by atoms with E-state index in [1.54, 1.807) is 31.2 Å². The minimum Gasteiger partial charge on any atom is -0.489 e. The number of para-hydroxylation sites is 1. The van der Waals surface area contributed by atoms with Crippen LogP contribution in [0.3, 0.4) is 0 Å². The topological polar surface area (TPSA) is 113 Å². The normalized spacial score (nSPS) is 26.4. The van der Waals surface area contributed by atoms with Crippen LogP contribution in [0.4, 0.5) is 0 Å². The lowest BCUT2D eigenvalue weighted by atomic mass is 9.90. The fraction of sp³-hybridized carbons (Fsp3) is 0.350. The summed E-state index contributed by atoms with van der Waals surface area (Å²) >= 11 is 2.10. The van der Waals surface area contributed by atoms with Crippen LogP contribution in [0.25, 0.3) is 0 Å². The highest BCUT2D eigenvalue weighted by Crippen LogP contribution is 2.50. The number of carboxylic acids is 1. The molecule has 2 aromatic rings. The van der Waals surface area contributed by atoms with Gasteiger partial charge in [-0.05, 0) is 53.8 Å². The number of ether oxygens (including phenoxy) is 1. The molecule has 0 aromatic heterocycles. The van der Waals surface area contributed by atoms with Crippen LogP contribution in [-0.2, 0) is 14.8 Å². The maximum Gasteiger partial charge on any atom is 0.310 e. The van der Waals surface area contributed by atoms with E-state index in [1.807, 2.05) is 6.07 Å². The van der Waals surface area contributed by atoms with Gasteiger partial charge in [0.1, 0.15) is 11.9 Å². The van der Waals surface area contributed by atoms with E-state index in [0.717, 1.165) is 9.13 Å². The first-order valence-corrected chi connectivity index (χ1v) is 11.7. The van der Waals surface area contributed by atoms with Crippen molar-refractivity contribution in [3.63, 3.8) is 0 Å². The van der Waals surface area contributed by atoms with Gasteiger partial charge in [-0.15, -0.1) is 0 Å². The molecular weight excluding hydrogens is 509 g/mol. The van der Waals surface area contributed by atoms with E-state index in [0.29, 0.717) is 11.3 Å². The summed E-state index contributed by atoms with van der Waals surface area (Å²) in [6, 6.07) is 11.0. The molecule has 2 aromatic carbocycles. The van der Waals surface area contributed by atoms with E-state index in [9.17, 15) is 23.4 Å². The van der Waals surface area contributed by atoms with Crippen LogP contribution in [-0.4, -0.2) is 42.8 Å². The Morgan fingerprint density at radius 1 is 1.24 bits per heavy atom. The molecule has 1 saturated carbocycles. The number of benzene rings is 2. The smallest absolute Gasteiger partial charge is 0.310 e. The number of carbonyl (C=O) groups is 1. The van der Waals surface area contributed by atoms with Crippen LogP contribution in [0.15, 0.2) is 47.4 Å². The Morgan fingerprint density at radius 3 is 2.59 bits per heavy atom. The van der Waals surface area contributed by atoms with Crippen molar-refractivity contribution >= 4 is 38.6 Å². The van der Waals surface area contributed by atoms with Crippen LogP contribution < -0.4 is 9.46 Å². The second-order valence-electron chi connectivity index (χ2n) is 7.41. The average Bonchev–Trinajstić information content (AvgIpc) is 3.17. The standard InChI is InChI=1S/C20H20INO6S/c1-10(20(24)25)13-3-2-4-14-17-16(28-19(13)14)9-15(23)18(17)22-29(26,27)12-7-5-11(21)6-8-12/h2-8,10,15-18,22-23H,9H2,1H3,(H,24,25). The SMILES string of the molecule is CC(C(=O)O)c1cccc2c1OC1CC(O)C(NS(=O)(=O)c3ccc(I)cc3)C21. The third kappa shape index (κ3) is 3.65. The molecule has 29 heavy (non-hydrogen) atoms. The van der Waals surface area contributed by atoms with E-state index in [-0.39, 0.29) is 17.2 Å². The predicted octanol–water partition coefficient (Wildman–Crippen LogP) is 2.44. The second kappa shape index (κ2) is 7.53. The highest BCUT2D eigenvalue weighted by atomic mass is 127. The number of aliphatic carboxylic acids is 1. The van der Waals surface area contributed by atoms with Crippen LogP contribution in [0.2, 0.25) is 0 Å². The first-order valence-electron chi connectivity index (χ1n) is 9.17. The van der Waals surface area contributed by atoms with Gasteiger partial charge >= 0.3 is 5.97 Å². The molecule has 7 nitrogen and oxygen atoms in total. The molecule has 0 saturated heterocycles. The van der Waals surface area contributed by atoms with Crippen molar-refractivity contribution in [2.45, 2.75) is 48.3 Å². The Bertz CT molecular complexity index is 1060. The molecule has 5 atom stereocenters. The quantitative estimate of drug-likeness (QED) is 0.513. The molecule has 4 rings (SSSR count). The van der Waals surface area contributed by atoms with Gasteiger partial charge in [-0.3, -0.25) is 4.79 Å². The molecule has 3 N–H and O–H groups in total. The molecule has 1 aliphatic heterocycles. The monoisotopic (exact) mass is 529 g/mol. The average molecular weight is 529 g/mol. The fourth-order valence-corrected chi connectivity index (χ4v) is 5.78. The molecule has 1 heterocycles. The van der Waals surface area contributed by atoms with E-state index < -0.39 is 40.2 Å². The summed E-state index contributed by atoms with van der Waals surface area (Å²) < 4.78 is 35.3. The van der Waals surface area contributed by atoms with Crippen molar-refractivity contribution in [1.29, 1.82) is 0 Å². The summed E-state index contributed by atoms with van der Waals surface area (Å²) in [5.74, 6) is -1.62. The fourth-order valence-electron chi connectivity index (χ4n) is 4.13. The number of sulfonamides is 1. The van der Waals surface area contributed by atoms with Crippen LogP contribution in [0, 0.1) is 3.57 Å². The van der Waals surface area contributed by atoms with Gasteiger partial charge in [-0.1, -0.05) is 18.2 Å². The zero-order valence-corrected chi connectivity index (χ0v) is 18.4. The minimum atomic E-state index is -3.84. The third-order valence-corrected chi connectivity index (χ3v) is 7.83. The molecule has 1 fully saturated rings. The Balaban J connectivity index is 1.68. The third-order valence-electron chi connectivity index (χ3n) is 5.63. The number of aliphatic hydroxyl groups excluding tert-OH is 1. The minimum absolute atomic E-state index is 0.126. The summed E-state index contributed by atoms with van der Waals surface area (Å²) in [7, 11) is -3.84. The Morgan fingerprint density at radius 2 is 1.93 bits per heavy atom. The van der Waals surface area contributed by atoms with Crippen molar-refractivity contribution in [3.8, 4) is 5.75 Å². The van der Waals surface area contributed by atoms with E-state index in [4.69, 9.17) is 4.74 Å². The summed E-state index contributed by atoms with van der Waals surface area (Å²) in [4.78, 5) is 11.6. The summed E-state index contributed by atoms with van der Waals surface area (Å²) in [6.45, 7) is 1.58. The Labute approximate surface area is 182 Å². The predicted molar refractivity (Wildman–Crippen MR) is 114 cm³/mol. The number of fused-ring (bicyclic) bond motifs is 3. The van der Waals surface area contributed by atoms with Gasteiger partial charge in [0, 0.05) is 27.0 Å². The lowest BCUT2D eigenvalue weighted by molar-refractivity contribution is -0.138. The maximum atomic E-state index is 12.9. The number of nitrogens with one attached hydrogen (secondary N) is 1. The molecule has 9 heteroatoms. The van der Waals surface area contributed by atoms with Crippen molar-refractivity contribution in [3.05, 3.63) is 57.2 Å². The lowest BCUT2D eigenvalue weighted by Gasteiger charge is -2.22. The summed E-state index contributed by atoms with van der Waals surface area (Å²) in [6.07, 6.45) is -1.05. The first kappa shape index (κ1) is 20.6. The molecule has 5 unspecified atom stereocenters. The summed E-state index contributed by atoms with van der Waals surface area (Å²) in [5, 5.41) is 19.9. The number of carboxylic acid groups (broad SMARTS) is 1. The molecule has 0 spiro atoms. The lowest BCUT2D eigenvalue weighted by Crippen LogP contribution is -2.43. The van der Waals surface area contributed by atoms with E-state index >= 15 is 0 Å². The van der Waals surface area contributed by atoms with Gasteiger partial charge in [0.15, 0.2) is 0 Å². The van der Waals surface area contributed by atoms with Crippen LogP contribution in [0.1, 0.15) is 36.3 Å². The Hall–Kier alpha value is -1.69. The summed E-state index contributed by atoms with van der Waals surface area (Å²) in [5.41, 5.74) is 1.28. The maximum absolute atomic E-state index is 12.9. The van der Waals surface area contributed by atoms with Crippen LogP contribution >= 0.6 is 22.6 Å². The largest absolute Gasteiger partial charge is 0.489 e. The zero-order valence-electron chi connectivity index (χ0n) is 15.4. The van der Waals surface area contributed by atoms with Crippen molar-refractivity contribution < 1.29 is 28.2 Å². The molecule has 0 bridgehead atoms. The van der Waals surface area contributed by atoms with E-state index in [1.165, 1.54) is 12.1 Å². The van der Waals surface area contributed by atoms with Gasteiger partial charge in [0.05, 0.1) is 23.0 Å². The molecule has 0 amide bonds. The van der Waals surface area contributed by atoms with E-state index in [2.05, 4.69) is 27.3 Å². The number of hydrogen-bond acceptors (Lipinski definition) is 5. The molecule has 0 radical (unpaired) electrons. The second-order valence-corrected chi connectivity index (χ2v) is 10.4. The van der Waals surface area contributed by atoms with Gasteiger partial charge < -0.3 is 14.9 Å². The van der Waals surface area contributed by atoms with Gasteiger partial charge in [0.25, 0.3) is 0 Å². The van der Waals surface area contributed by atoms with Gasteiger partial charge in [-0.2, -0.15) is 0 Å².